The molecular formula is C15H26N2O3S. The minimum absolute atomic E-state index is 0.329. The van der Waals surface area contributed by atoms with E-state index in [0.717, 1.165) is 18.4 Å². The highest BCUT2D eigenvalue weighted by Crippen LogP contribution is 2.17. The molecule has 0 fully saturated rings. The number of ether oxygens (including phenoxy) is 1. The molecule has 0 spiro atoms. The van der Waals surface area contributed by atoms with E-state index in [1.54, 1.807) is 19.2 Å². The molecule has 120 valence electrons. The van der Waals surface area contributed by atoms with Crippen LogP contribution in [-0.2, 0) is 21.2 Å². The van der Waals surface area contributed by atoms with Crippen LogP contribution in [0.25, 0.3) is 0 Å². The summed E-state index contributed by atoms with van der Waals surface area (Å²) in [6, 6.07) is 7.13. The number of sulfonamides is 1. The van der Waals surface area contributed by atoms with Crippen molar-refractivity contribution in [3.8, 4) is 0 Å². The highest BCUT2D eigenvalue weighted by atomic mass is 32.2. The first-order chi connectivity index (χ1) is 10.1. The first kappa shape index (κ1) is 18.1. The van der Waals surface area contributed by atoms with Crippen molar-refractivity contribution in [1.29, 1.82) is 0 Å². The largest absolute Gasteiger partial charge is 0.383 e. The molecule has 0 aliphatic rings. The van der Waals surface area contributed by atoms with E-state index in [1.807, 2.05) is 12.1 Å². The van der Waals surface area contributed by atoms with Crippen LogP contribution in [0, 0.1) is 0 Å². The molecule has 0 bridgehead atoms. The Kier molecular flexibility index (Phi) is 7.88. The smallest absolute Gasteiger partial charge is 0.243 e. The standard InChI is InChI=1S/C15H26N2O3S/c1-3-5-14-6-8-15(9-7-14)21(18,19)17(11-4-10-16)12-13-20-2/h6-9H,3-5,10-13,16H2,1-2H3. The lowest BCUT2D eigenvalue weighted by molar-refractivity contribution is 0.178. The molecule has 0 aromatic heterocycles. The maximum Gasteiger partial charge on any atom is 0.243 e. The minimum atomic E-state index is -3.48. The van der Waals surface area contributed by atoms with E-state index >= 15 is 0 Å². The molecule has 0 heterocycles. The van der Waals surface area contributed by atoms with Gasteiger partial charge in [0.15, 0.2) is 0 Å². The maximum atomic E-state index is 12.6. The van der Waals surface area contributed by atoms with E-state index in [9.17, 15) is 8.42 Å². The molecule has 0 saturated carbocycles. The molecule has 1 rings (SSSR count). The molecule has 0 aliphatic carbocycles. The molecule has 0 aliphatic heterocycles. The molecule has 0 radical (unpaired) electrons. The average molecular weight is 314 g/mol. The number of hydrogen-bond donors (Lipinski definition) is 1. The third kappa shape index (κ3) is 5.39. The Labute approximate surface area is 128 Å². The highest BCUT2D eigenvalue weighted by Gasteiger charge is 2.23. The van der Waals surface area contributed by atoms with Crippen LogP contribution in [0.2, 0.25) is 0 Å². The molecule has 1 aromatic rings. The summed E-state index contributed by atoms with van der Waals surface area (Å²) in [6.45, 7) is 3.70. The first-order valence-corrected chi connectivity index (χ1v) is 8.78. The zero-order valence-electron chi connectivity index (χ0n) is 12.9. The normalized spacial score (nSPS) is 12.0. The molecule has 0 saturated heterocycles. The summed E-state index contributed by atoms with van der Waals surface area (Å²) in [7, 11) is -1.92. The Morgan fingerprint density at radius 3 is 2.38 bits per heavy atom. The number of nitrogens with zero attached hydrogens (tertiary/aromatic N) is 1. The van der Waals surface area contributed by atoms with Crippen LogP contribution in [0.4, 0.5) is 0 Å². The predicted octanol–water partition coefficient (Wildman–Crippen LogP) is 1.63. The fourth-order valence-electron chi connectivity index (χ4n) is 2.08. The van der Waals surface area contributed by atoms with E-state index in [2.05, 4.69) is 6.92 Å². The number of methoxy groups -OCH3 is 1. The van der Waals surface area contributed by atoms with Gasteiger partial charge in [0.2, 0.25) is 10.0 Å². The van der Waals surface area contributed by atoms with Crippen LogP contribution < -0.4 is 5.73 Å². The van der Waals surface area contributed by atoms with Gasteiger partial charge in [-0.1, -0.05) is 25.5 Å². The van der Waals surface area contributed by atoms with E-state index < -0.39 is 10.0 Å². The van der Waals surface area contributed by atoms with Gasteiger partial charge in [-0.2, -0.15) is 4.31 Å². The van der Waals surface area contributed by atoms with Gasteiger partial charge in [-0.25, -0.2) is 8.42 Å². The van der Waals surface area contributed by atoms with Crippen LogP contribution in [-0.4, -0.2) is 46.1 Å². The van der Waals surface area contributed by atoms with Crippen LogP contribution in [0.15, 0.2) is 29.2 Å². The van der Waals surface area contributed by atoms with Gasteiger partial charge in [0.05, 0.1) is 11.5 Å². The van der Waals surface area contributed by atoms with Gasteiger partial charge in [-0.05, 0) is 37.1 Å². The average Bonchev–Trinajstić information content (AvgIpc) is 2.48. The van der Waals surface area contributed by atoms with Crippen molar-refractivity contribution >= 4 is 10.0 Å². The number of benzene rings is 1. The third-order valence-corrected chi connectivity index (χ3v) is 5.17. The summed E-state index contributed by atoms with van der Waals surface area (Å²) in [5.41, 5.74) is 6.64. The molecule has 0 atom stereocenters. The fourth-order valence-corrected chi connectivity index (χ4v) is 3.54. The minimum Gasteiger partial charge on any atom is -0.383 e. The molecule has 0 amide bonds. The molecule has 21 heavy (non-hydrogen) atoms. The lowest BCUT2D eigenvalue weighted by atomic mass is 10.1. The van der Waals surface area contributed by atoms with Crippen LogP contribution in [0.5, 0.6) is 0 Å². The maximum absolute atomic E-state index is 12.6. The fraction of sp³-hybridized carbons (Fsp3) is 0.600. The topological polar surface area (TPSA) is 72.6 Å². The van der Waals surface area contributed by atoms with Crippen molar-refractivity contribution in [1.82, 2.24) is 4.31 Å². The van der Waals surface area contributed by atoms with Gasteiger partial charge < -0.3 is 10.5 Å². The van der Waals surface area contributed by atoms with E-state index in [0.29, 0.717) is 37.6 Å². The molecular weight excluding hydrogens is 288 g/mol. The second kappa shape index (κ2) is 9.15. The third-order valence-electron chi connectivity index (χ3n) is 3.26. The molecule has 6 heteroatoms. The van der Waals surface area contributed by atoms with Crippen molar-refractivity contribution in [3.05, 3.63) is 29.8 Å². The Balaban J connectivity index is 2.92. The van der Waals surface area contributed by atoms with Crippen LogP contribution >= 0.6 is 0 Å². The second-order valence-electron chi connectivity index (χ2n) is 4.93. The van der Waals surface area contributed by atoms with Crippen molar-refractivity contribution in [2.24, 2.45) is 5.73 Å². The summed E-state index contributed by atoms with van der Waals surface area (Å²) in [5.74, 6) is 0. The van der Waals surface area contributed by atoms with Gasteiger partial charge in [0.1, 0.15) is 0 Å². The quantitative estimate of drug-likeness (QED) is 0.712. The number of nitrogens with two attached hydrogens (primary N) is 1. The monoisotopic (exact) mass is 314 g/mol. The summed E-state index contributed by atoms with van der Waals surface area (Å²) in [6.07, 6.45) is 2.64. The van der Waals surface area contributed by atoms with Crippen LogP contribution in [0.1, 0.15) is 25.3 Å². The van der Waals surface area contributed by atoms with Gasteiger partial charge in [0, 0.05) is 20.2 Å². The first-order valence-electron chi connectivity index (χ1n) is 7.34. The molecule has 2 N–H and O–H groups in total. The number of rotatable bonds is 10. The molecule has 0 unspecified atom stereocenters. The molecule has 5 nitrogen and oxygen atoms in total. The van der Waals surface area contributed by atoms with Crippen LogP contribution in [0.3, 0.4) is 0 Å². The Bertz CT molecular complexity index is 492. The summed E-state index contributed by atoms with van der Waals surface area (Å²) < 4.78 is 31.7. The van der Waals surface area contributed by atoms with E-state index in [4.69, 9.17) is 10.5 Å². The summed E-state index contributed by atoms with van der Waals surface area (Å²) in [5, 5.41) is 0. The zero-order valence-corrected chi connectivity index (χ0v) is 13.7. The van der Waals surface area contributed by atoms with Gasteiger partial charge in [0.25, 0.3) is 0 Å². The van der Waals surface area contributed by atoms with E-state index in [1.165, 1.54) is 4.31 Å². The van der Waals surface area contributed by atoms with Gasteiger partial charge in [-0.3, -0.25) is 0 Å². The second-order valence-corrected chi connectivity index (χ2v) is 6.87. The molecule has 1 aromatic carbocycles. The lowest BCUT2D eigenvalue weighted by Crippen LogP contribution is -2.35. The number of hydrogen-bond acceptors (Lipinski definition) is 4. The van der Waals surface area contributed by atoms with Crippen molar-refractivity contribution in [2.45, 2.75) is 31.1 Å². The predicted molar refractivity (Wildman–Crippen MR) is 84.7 cm³/mol. The van der Waals surface area contributed by atoms with Crippen molar-refractivity contribution in [2.75, 3.05) is 33.4 Å². The lowest BCUT2D eigenvalue weighted by Gasteiger charge is -2.21. The SMILES string of the molecule is CCCc1ccc(S(=O)(=O)N(CCCN)CCOC)cc1. The van der Waals surface area contributed by atoms with Gasteiger partial charge >= 0.3 is 0 Å². The Morgan fingerprint density at radius 1 is 1.19 bits per heavy atom. The number of aryl methyl sites for hydroxylation is 1. The van der Waals surface area contributed by atoms with Crippen molar-refractivity contribution in [3.63, 3.8) is 0 Å². The highest BCUT2D eigenvalue weighted by molar-refractivity contribution is 7.89. The Hall–Kier alpha value is -0.950. The van der Waals surface area contributed by atoms with E-state index in [-0.39, 0.29) is 0 Å². The van der Waals surface area contributed by atoms with Gasteiger partial charge in [-0.15, -0.1) is 0 Å². The summed E-state index contributed by atoms with van der Waals surface area (Å²) >= 11 is 0. The summed E-state index contributed by atoms with van der Waals surface area (Å²) in [4.78, 5) is 0.329. The van der Waals surface area contributed by atoms with Crippen molar-refractivity contribution < 1.29 is 13.2 Å². The Morgan fingerprint density at radius 2 is 1.86 bits per heavy atom. The zero-order chi connectivity index (χ0) is 15.7.